The Kier molecular flexibility index (Phi) is 4.44. The summed E-state index contributed by atoms with van der Waals surface area (Å²) in [5.41, 5.74) is 2.04. The van der Waals surface area contributed by atoms with E-state index in [4.69, 9.17) is 9.47 Å². The number of aromatic hydroxyl groups is 1. The Morgan fingerprint density at radius 2 is 1.79 bits per heavy atom. The van der Waals surface area contributed by atoms with Gasteiger partial charge in [-0.05, 0) is 36.4 Å². The first-order valence-corrected chi connectivity index (χ1v) is 8.47. The van der Waals surface area contributed by atoms with Crippen LogP contribution in [0.5, 0.6) is 23.0 Å². The highest BCUT2D eigenvalue weighted by atomic mass is 16.5. The van der Waals surface area contributed by atoms with Gasteiger partial charge in [0.25, 0.3) is 0 Å². The number of fused-ring (bicyclic) bond motifs is 1. The van der Waals surface area contributed by atoms with Crippen LogP contribution in [0, 0.1) is 11.3 Å². The smallest absolute Gasteiger partial charge is 0.190 e. The van der Waals surface area contributed by atoms with Gasteiger partial charge in [0.2, 0.25) is 0 Å². The quantitative estimate of drug-likeness (QED) is 0.537. The van der Waals surface area contributed by atoms with E-state index in [9.17, 15) is 10.4 Å². The minimum Gasteiger partial charge on any atom is -0.503 e. The molecule has 0 radical (unpaired) electrons. The second kappa shape index (κ2) is 7.21. The Labute approximate surface area is 161 Å². The standard InChI is InChI=1S/C21H16N4O3/c1-27-21-18(26)13-25-20(21)19(14(11-22)12-23-25)24-15-7-9-17(10-8-15)28-16-5-3-2-4-6-16/h2-10,12-13,24,26H,1H3. The SMILES string of the molecule is COc1c(O)cn2ncc(C#N)c(Nc3ccc(Oc4ccccc4)cc3)c12. The Morgan fingerprint density at radius 3 is 2.46 bits per heavy atom. The van der Waals surface area contributed by atoms with E-state index in [2.05, 4.69) is 16.5 Å². The molecule has 138 valence electrons. The van der Waals surface area contributed by atoms with Crippen LogP contribution in [0.15, 0.2) is 67.0 Å². The van der Waals surface area contributed by atoms with Crippen LogP contribution >= 0.6 is 0 Å². The zero-order valence-electron chi connectivity index (χ0n) is 15.0. The number of ether oxygens (including phenoxy) is 2. The number of nitriles is 1. The highest BCUT2D eigenvalue weighted by Gasteiger charge is 2.18. The van der Waals surface area contributed by atoms with Crippen LogP contribution < -0.4 is 14.8 Å². The first kappa shape index (κ1) is 17.2. The second-order valence-electron chi connectivity index (χ2n) is 5.95. The van der Waals surface area contributed by atoms with Crippen LogP contribution in [0.1, 0.15) is 5.56 Å². The van der Waals surface area contributed by atoms with Crippen molar-refractivity contribution in [3.05, 3.63) is 72.6 Å². The van der Waals surface area contributed by atoms with Crippen molar-refractivity contribution >= 4 is 16.9 Å². The van der Waals surface area contributed by atoms with E-state index < -0.39 is 0 Å². The zero-order chi connectivity index (χ0) is 19.5. The first-order chi connectivity index (χ1) is 13.7. The average molecular weight is 372 g/mol. The molecular formula is C21H16N4O3. The van der Waals surface area contributed by atoms with Gasteiger partial charge in [-0.15, -0.1) is 0 Å². The third-order valence-corrected chi connectivity index (χ3v) is 4.17. The number of para-hydroxylation sites is 1. The molecule has 0 bridgehead atoms. The van der Waals surface area contributed by atoms with Crippen molar-refractivity contribution in [1.82, 2.24) is 9.61 Å². The van der Waals surface area contributed by atoms with E-state index >= 15 is 0 Å². The molecule has 2 heterocycles. The lowest BCUT2D eigenvalue weighted by atomic mass is 10.2. The summed E-state index contributed by atoms with van der Waals surface area (Å²) in [7, 11) is 1.45. The first-order valence-electron chi connectivity index (χ1n) is 8.47. The van der Waals surface area contributed by atoms with Gasteiger partial charge in [-0.2, -0.15) is 10.4 Å². The number of benzene rings is 2. The number of anilines is 2. The largest absolute Gasteiger partial charge is 0.503 e. The second-order valence-corrected chi connectivity index (χ2v) is 5.95. The lowest BCUT2D eigenvalue weighted by molar-refractivity contribution is 0.380. The van der Waals surface area contributed by atoms with Gasteiger partial charge in [0.1, 0.15) is 23.1 Å². The predicted molar refractivity (Wildman–Crippen MR) is 104 cm³/mol. The summed E-state index contributed by atoms with van der Waals surface area (Å²) < 4.78 is 12.5. The van der Waals surface area contributed by atoms with Crippen LogP contribution in [-0.4, -0.2) is 21.8 Å². The lowest BCUT2D eigenvalue weighted by Gasteiger charge is -2.12. The molecule has 0 atom stereocenters. The number of rotatable bonds is 5. The summed E-state index contributed by atoms with van der Waals surface area (Å²) in [6.07, 6.45) is 2.86. The number of aromatic nitrogens is 2. The molecule has 0 aliphatic carbocycles. The van der Waals surface area contributed by atoms with Gasteiger partial charge in [-0.1, -0.05) is 18.2 Å². The number of methoxy groups -OCH3 is 1. The summed E-state index contributed by atoms with van der Waals surface area (Å²) in [6.45, 7) is 0. The molecule has 0 saturated carbocycles. The molecule has 28 heavy (non-hydrogen) atoms. The van der Waals surface area contributed by atoms with Gasteiger partial charge in [0.05, 0.1) is 30.8 Å². The van der Waals surface area contributed by atoms with Crippen molar-refractivity contribution in [2.75, 3.05) is 12.4 Å². The maximum Gasteiger partial charge on any atom is 0.190 e. The molecule has 2 aromatic heterocycles. The van der Waals surface area contributed by atoms with Crippen LogP contribution in [0.25, 0.3) is 5.52 Å². The van der Waals surface area contributed by atoms with Gasteiger partial charge >= 0.3 is 0 Å². The molecule has 7 nitrogen and oxygen atoms in total. The molecule has 2 N–H and O–H groups in total. The van der Waals surface area contributed by atoms with E-state index in [1.54, 1.807) is 0 Å². The molecule has 0 saturated heterocycles. The third kappa shape index (κ3) is 3.15. The number of hydrogen-bond acceptors (Lipinski definition) is 6. The minimum atomic E-state index is -0.0558. The minimum absolute atomic E-state index is 0.0558. The molecular weight excluding hydrogens is 356 g/mol. The van der Waals surface area contributed by atoms with Gasteiger partial charge in [-0.25, -0.2) is 4.52 Å². The Hall–Kier alpha value is -4.18. The Balaban J connectivity index is 1.67. The zero-order valence-corrected chi connectivity index (χ0v) is 15.0. The summed E-state index contributed by atoms with van der Waals surface area (Å²) in [4.78, 5) is 0. The molecule has 7 heteroatoms. The van der Waals surface area contributed by atoms with E-state index in [1.165, 1.54) is 24.0 Å². The van der Waals surface area contributed by atoms with Crippen molar-refractivity contribution in [2.45, 2.75) is 0 Å². The van der Waals surface area contributed by atoms with Gasteiger partial charge in [-0.3, -0.25) is 0 Å². The molecule has 0 aliphatic heterocycles. The van der Waals surface area contributed by atoms with E-state index in [-0.39, 0.29) is 11.5 Å². The highest BCUT2D eigenvalue weighted by Crippen LogP contribution is 2.39. The summed E-state index contributed by atoms with van der Waals surface area (Å²) in [6, 6.07) is 18.9. The molecule has 0 aliphatic rings. The molecule has 4 aromatic rings. The lowest BCUT2D eigenvalue weighted by Crippen LogP contribution is -2.01. The maximum atomic E-state index is 10.1. The van der Waals surface area contributed by atoms with Crippen LogP contribution in [0.3, 0.4) is 0 Å². The summed E-state index contributed by atoms with van der Waals surface area (Å²) in [5.74, 6) is 1.63. The Bertz CT molecular complexity index is 1160. The normalized spacial score (nSPS) is 10.4. The molecule has 0 amide bonds. The topological polar surface area (TPSA) is 91.8 Å². The van der Waals surface area contributed by atoms with Crippen LogP contribution in [0.4, 0.5) is 11.4 Å². The summed E-state index contributed by atoms with van der Waals surface area (Å²) >= 11 is 0. The third-order valence-electron chi connectivity index (χ3n) is 4.17. The molecule has 0 unspecified atom stereocenters. The molecule has 0 spiro atoms. The van der Waals surface area contributed by atoms with E-state index in [0.717, 1.165) is 11.4 Å². The van der Waals surface area contributed by atoms with Crippen molar-refractivity contribution in [2.24, 2.45) is 0 Å². The number of nitrogens with one attached hydrogen (secondary N) is 1. The Morgan fingerprint density at radius 1 is 1.07 bits per heavy atom. The van der Waals surface area contributed by atoms with Crippen molar-refractivity contribution in [3.8, 4) is 29.1 Å². The van der Waals surface area contributed by atoms with E-state index in [0.29, 0.717) is 22.5 Å². The van der Waals surface area contributed by atoms with Crippen molar-refractivity contribution in [3.63, 3.8) is 0 Å². The van der Waals surface area contributed by atoms with E-state index in [1.807, 2.05) is 54.6 Å². The van der Waals surface area contributed by atoms with Gasteiger partial charge in [0.15, 0.2) is 11.5 Å². The average Bonchev–Trinajstić information content (AvgIpc) is 3.06. The summed E-state index contributed by atoms with van der Waals surface area (Å²) in [5, 5.41) is 26.9. The fourth-order valence-corrected chi connectivity index (χ4v) is 2.88. The predicted octanol–water partition coefficient (Wildman–Crippen LogP) is 4.46. The fourth-order valence-electron chi connectivity index (χ4n) is 2.88. The monoisotopic (exact) mass is 372 g/mol. The van der Waals surface area contributed by atoms with Gasteiger partial charge in [0, 0.05) is 5.69 Å². The van der Waals surface area contributed by atoms with Crippen molar-refractivity contribution < 1.29 is 14.6 Å². The maximum absolute atomic E-state index is 10.1. The molecule has 0 fully saturated rings. The highest BCUT2D eigenvalue weighted by molar-refractivity contribution is 5.88. The van der Waals surface area contributed by atoms with Crippen LogP contribution in [0.2, 0.25) is 0 Å². The van der Waals surface area contributed by atoms with Gasteiger partial charge < -0.3 is 19.9 Å². The van der Waals surface area contributed by atoms with Crippen molar-refractivity contribution in [1.29, 1.82) is 5.26 Å². The van der Waals surface area contributed by atoms with Crippen LogP contribution in [-0.2, 0) is 0 Å². The number of hydrogen-bond donors (Lipinski definition) is 2. The fraction of sp³-hybridized carbons (Fsp3) is 0.0476. The molecule has 2 aromatic carbocycles. The molecule has 4 rings (SSSR count). The number of nitrogens with zero attached hydrogens (tertiary/aromatic N) is 3.